The van der Waals surface area contributed by atoms with Crippen LogP contribution in [0.2, 0.25) is 0 Å². The molecule has 2 unspecified atom stereocenters. The van der Waals surface area contributed by atoms with Crippen LogP contribution in [0.5, 0.6) is 0 Å². The first-order chi connectivity index (χ1) is 11.1. The number of amides is 2. The van der Waals surface area contributed by atoms with Gasteiger partial charge in [0.15, 0.2) is 0 Å². The Kier molecular flexibility index (Phi) is 6.24. The number of nitrogens with zero attached hydrogens (tertiary/aromatic N) is 1. The van der Waals surface area contributed by atoms with E-state index in [4.69, 9.17) is 5.73 Å². The highest BCUT2D eigenvalue weighted by Gasteiger charge is 2.31. The summed E-state index contributed by atoms with van der Waals surface area (Å²) in [4.78, 5) is 26.4. The molecule has 0 spiro atoms. The topological polar surface area (TPSA) is 75.4 Å². The summed E-state index contributed by atoms with van der Waals surface area (Å²) in [7, 11) is 0. The van der Waals surface area contributed by atoms with E-state index in [1.54, 1.807) is 24.3 Å². The second-order valence-corrected chi connectivity index (χ2v) is 6.76. The average molecular weight is 352 g/mol. The monoisotopic (exact) mass is 351 g/mol. The third-order valence-corrected chi connectivity index (χ3v) is 4.76. The molecule has 24 heavy (non-hydrogen) atoms. The van der Waals surface area contributed by atoms with Crippen LogP contribution < -0.4 is 11.1 Å². The Bertz CT molecular complexity index is 584. The van der Waals surface area contributed by atoms with Gasteiger partial charge in [-0.3, -0.25) is 9.59 Å². The average Bonchev–Trinajstić information content (AvgIpc) is 3.40. The second-order valence-electron chi connectivity index (χ2n) is 6.76. The van der Waals surface area contributed by atoms with Gasteiger partial charge in [0.1, 0.15) is 0 Å². The second kappa shape index (κ2) is 7.99. The van der Waals surface area contributed by atoms with Gasteiger partial charge in [-0.1, -0.05) is 0 Å². The van der Waals surface area contributed by atoms with Crippen molar-refractivity contribution in [2.24, 2.45) is 11.7 Å². The van der Waals surface area contributed by atoms with Crippen molar-refractivity contribution >= 4 is 29.9 Å². The zero-order chi connectivity index (χ0) is 16.4. The van der Waals surface area contributed by atoms with Crippen LogP contribution in [-0.2, 0) is 4.79 Å². The molecule has 1 aliphatic carbocycles. The van der Waals surface area contributed by atoms with Gasteiger partial charge in [0, 0.05) is 35.8 Å². The summed E-state index contributed by atoms with van der Waals surface area (Å²) >= 11 is 0. The molecule has 1 aromatic rings. The van der Waals surface area contributed by atoms with Crippen LogP contribution in [0.15, 0.2) is 24.3 Å². The fourth-order valence-electron chi connectivity index (χ4n) is 3.21. The lowest BCUT2D eigenvalue weighted by Crippen LogP contribution is -2.51. The number of carbonyl (C=O) groups excluding carboxylic acids is 2. The molecule has 1 aliphatic heterocycles. The van der Waals surface area contributed by atoms with E-state index >= 15 is 0 Å². The molecule has 1 saturated carbocycles. The Morgan fingerprint density at radius 2 is 1.83 bits per heavy atom. The predicted octanol–water partition coefficient (Wildman–Crippen LogP) is 2.80. The zero-order valence-electron chi connectivity index (χ0n) is 14.0. The summed E-state index contributed by atoms with van der Waals surface area (Å²) in [6.45, 7) is 2.73. The molecule has 0 bridgehead atoms. The summed E-state index contributed by atoms with van der Waals surface area (Å²) in [6, 6.07) is 7.29. The van der Waals surface area contributed by atoms with E-state index in [1.165, 1.54) is 0 Å². The predicted molar refractivity (Wildman–Crippen MR) is 97.4 cm³/mol. The lowest BCUT2D eigenvalue weighted by Gasteiger charge is -2.38. The van der Waals surface area contributed by atoms with Gasteiger partial charge in [-0.05, 0) is 63.3 Å². The third kappa shape index (κ3) is 4.28. The molecule has 0 aromatic heterocycles. The van der Waals surface area contributed by atoms with Crippen LogP contribution in [0.3, 0.4) is 0 Å². The molecule has 5 nitrogen and oxygen atoms in total. The summed E-state index contributed by atoms with van der Waals surface area (Å²) in [5.41, 5.74) is 7.45. The van der Waals surface area contributed by atoms with Crippen molar-refractivity contribution in [1.82, 2.24) is 4.90 Å². The van der Waals surface area contributed by atoms with Gasteiger partial charge in [-0.25, -0.2) is 0 Å². The molecule has 1 saturated heterocycles. The van der Waals surface area contributed by atoms with Crippen LogP contribution in [0, 0.1) is 5.92 Å². The van der Waals surface area contributed by atoms with Crippen molar-refractivity contribution in [1.29, 1.82) is 0 Å². The molecule has 1 heterocycles. The molecule has 6 heteroatoms. The van der Waals surface area contributed by atoms with Crippen LogP contribution in [0.1, 0.15) is 49.4 Å². The maximum atomic E-state index is 12.7. The first-order valence-corrected chi connectivity index (χ1v) is 8.54. The standard InChI is InChI=1S/C18H25N3O2.ClH/c1-12(19)16-4-2-3-11-21(16)18(23)14-7-9-15(10-8-14)20-17(22)13-5-6-13;/h7-10,12-13,16H,2-6,11,19H2,1H3,(H,20,22);1H. The van der Waals surface area contributed by atoms with E-state index in [9.17, 15) is 9.59 Å². The fourth-order valence-corrected chi connectivity index (χ4v) is 3.21. The van der Waals surface area contributed by atoms with E-state index < -0.39 is 0 Å². The molecular weight excluding hydrogens is 326 g/mol. The van der Waals surface area contributed by atoms with Gasteiger partial charge in [-0.2, -0.15) is 0 Å². The van der Waals surface area contributed by atoms with Crippen molar-refractivity contribution in [2.45, 2.75) is 51.1 Å². The Morgan fingerprint density at radius 1 is 1.17 bits per heavy atom. The maximum Gasteiger partial charge on any atom is 0.254 e. The highest BCUT2D eigenvalue weighted by Crippen LogP contribution is 2.30. The van der Waals surface area contributed by atoms with E-state index in [0.29, 0.717) is 5.56 Å². The number of rotatable bonds is 4. The molecule has 2 fully saturated rings. The minimum atomic E-state index is -0.0173. The Hall–Kier alpha value is -1.59. The molecule has 0 radical (unpaired) electrons. The van der Waals surface area contributed by atoms with E-state index in [2.05, 4.69) is 5.32 Å². The molecule has 2 atom stereocenters. The van der Waals surface area contributed by atoms with Gasteiger partial charge in [0.25, 0.3) is 5.91 Å². The van der Waals surface area contributed by atoms with Crippen molar-refractivity contribution in [3.05, 3.63) is 29.8 Å². The number of nitrogens with one attached hydrogen (secondary N) is 1. The number of nitrogens with two attached hydrogens (primary N) is 1. The largest absolute Gasteiger partial charge is 0.334 e. The first kappa shape index (κ1) is 18.7. The van der Waals surface area contributed by atoms with Gasteiger partial charge in [0.2, 0.25) is 5.91 Å². The van der Waals surface area contributed by atoms with Crippen LogP contribution in [-0.4, -0.2) is 35.3 Å². The van der Waals surface area contributed by atoms with Crippen molar-refractivity contribution < 1.29 is 9.59 Å². The quantitative estimate of drug-likeness (QED) is 0.875. The molecule has 3 N–H and O–H groups in total. The van der Waals surface area contributed by atoms with Gasteiger partial charge >= 0.3 is 0 Å². The number of benzene rings is 1. The smallest absolute Gasteiger partial charge is 0.254 e. The first-order valence-electron chi connectivity index (χ1n) is 8.54. The van der Waals surface area contributed by atoms with Crippen LogP contribution >= 0.6 is 12.4 Å². The van der Waals surface area contributed by atoms with Gasteiger partial charge in [-0.15, -0.1) is 12.4 Å². The highest BCUT2D eigenvalue weighted by molar-refractivity contribution is 5.97. The molecule has 2 amide bonds. The summed E-state index contributed by atoms with van der Waals surface area (Å²) in [5.74, 6) is 0.292. The van der Waals surface area contributed by atoms with E-state index in [-0.39, 0.29) is 42.2 Å². The Morgan fingerprint density at radius 3 is 2.42 bits per heavy atom. The van der Waals surface area contributed by atoms with Crippen molar-refractivity contribution in [3.8, 4) is 0 Å². The molecule has 3 rings (SSSR count). The molecule has 2 aliphatic rings. The summed E-state index contributed by atoms with van der Waals surface area (Å²) in [5, 5.41) is 2.89. The highest BCUT2D eigenvalue weighted by atomic mass is 35.5. The van der Waals surface area contributed by atoms with E-state index in [1.807, 2.05) is 11.8 Å². The Balaban J connectivity index is 0.00000208. The molecule has 132 valence electrons. The summed E-state index contributed by atoms with van der Waals surface area (Å²) in [6.07, 6.45) is 5.09. The van der Waals surface area contributed by atoms with Crippen LogP contribution in [0.25, 0.3) is 0 Å². The zero-order valence-corrected chi connectivity index (χ0v) is 14.8. The number of hydrogen-bond donors (Lipinski definition) is 2. The third-order valence-electron chi connectivity index (χ3n) is 4.76. The fraction of sp³-hybridized carbons (Fsp3) is 0.556. The summed E-state index contributed by atoms with van der Waals surface area (Å²) < 4.78 is 0. The number of hydrogen-bond acceptors (Lipinski definition) is 3. The number of likely N-dealkylation sites (tertiary alicyclic amines) is 1. The maximum absolute atomic E-state index is 12.7. The minimum Gasteiger partial charge on any atom is -0.334 e. The number of halogens is 1. The SMILES string of the molecule is CC(N)C1CCCCN1C(=O)c1ccc(NC(=O)C2CC2)cc1.Cl. The number of piperidine rings is 1. The Labute approximate surface area is 149 Å². The molecule has 1 aromatic carbocycles. The lowest BCUT2D eigenvalue weighted by atomic mass is 9.96. The molecular formula is C18H26ClN3O2. The van der Waals surface area contributed by atoms with Gasteiger partial charge in [0.05, 0.1) is 0 Å². The van der Waals surface area contributed by atoms with Gasteiger partial charge < -0.3 is 16.0 Å². The van der Waals surface area contributed by atoms with Crippen molar-refractivity contribution in [2.75, 3.05) is 11.9 Å². The normalized spacial score (nSPS) is 21.6. The van der Waals surface area contributed by atoms with Crippen LogP contribution in [0.4, 0.5) is 5.69 Å². The number of anilines is 1. The van der Waals surface area contributed by atoms with E-state index in [0.717, 1.165) is 44.3 Å². The minimum absolute atomic E-state index is 0. The lowest BCUT2D eigenvalue weighted by molar-refractivity contribution is -0.117. The van der Waals surface area contributed by atoms with Crippen molar-refractivity contribution in [3.63, 3.8) is 0 Å². The number of carbonyl (C=O) groups is 2.